The van der Waals surface area contributed by atoms with Crippen LogP contribution in [0.1, 0.15) is 81.9 Å². The van der Waals surface area contributed by atoms with Gasteiger partial charge in [0.15, 0.2) is 11.7 Å². The van der Waals surface area contributed by atoms with Gasteiger partial charge in [0.05, 0.1) is 25.5 Å². The van der Waals surface area contributed by atoms with Gasteiger partial charge in [-0.05, 0) is 50.6 Å². The minimum absolute atomic E-state index is 0.160. The van der Waals surface area contributed by atoms with Gasteiger partial charge in [0.2, 0.25) is 11.7 Å². The molecule has 2 aliphatic heterocycles. The molecule has 3 rings (SSSR count). The van der Waals surface area contributed by atoms with Crippen LogP contribution in [0.25, 0.3) is 0 Å². The molecule has 1 aromatic rings. The zero-order valence-corrected chi connectivity index (χ0v) is 23.4. The number of piperidine rings is 1. The molecule has 2 aliphatic rings. The number of nitrogens with zero attached hydrogens (tertiary/aromatic N) is 3. The first kappa shape index (κ1) is 29.1. The van der Waals surface area contributed by atoms with E-state index < -0.39 is 6.04 Å². The number of ether oxygens (including phenoxy) is 1. The summed E-state index contributed by atoms with van der Waals surface area (Å²) in [5.74, 6) is 0.624. The van der Waals surface area contributed by atoms with E-state index in [1.165, 1.54) is 0 Å². The van der Waals surface area contributed by atoms with Gasteiger partial charge in [0.1, 0.15) is 6.04 Å². The van der Waals surface area contributed by atoms with Crippen LogP contribution in [0.15, 0.2) is 4.42 Å². The molecule has 0 radical (unpaired) electrons. The second kappa shape index (κ2) is 12.9. The largest absolute Gasteiger partial charge is 0.437 e. The van der Waals surface area contributed by atoms with E-state index in [-0.39, 0.29) is 41.4 Å². The third-order valence-electron chi connectivity index (χ3n) is 6.69. The highest BCUT2D eigenvalue weighted by atomic mass is 16.5. The monoisotopic (exact) mass is 519 g/mol. The van der Waals surface area contributed by atoms with Gasteiger partial charge in [-0.15, -0.1) is 0 Å². The highest BCUT2D eigenvalue weighted by molar-refractivity contribution is 5.99. The van der Waals surface area contributed by atoms with Crippen molar-refractivity contribution in [3.63, 3.8) is 0 Å². The number of carbonyl (C=O) groups excluding carboxylic acids is 3. The highest BCUT2D eigenvalue weighted by Crippen LogP contribution is 2.28. The number of likely N-dealkylation sites (N-methyl/N-ethyl adjacent to an activating group) is 1. The molecule has 0 aromatic carbocycles. The summed E-state index contributed by atoms with van der Waals surface area (Å²) in [7, 11) is 2.08. The first-order valence-electron chi connectivity index (χ1n) is 13.5. The molecule has 2 unspecified atom stereocenters. The fourth-order valence-corrected chi connectivity index (χ4v) is 4.85. The van der Waals surface area contributed by atoms with E-state index in [1.54, 1.807) is 4.90 Å². The molecule has 3 heterocycles. The van der Waals surface area contributed by atoms with Gasteiger partial charge in [-0.2, -0.15) is 0 Å². The van der Waals surface area contributed by atoms with Gasteiger partial charge in [-0.3, -0.25) is 9.59 Å². The molecule has 208 valence electrons. The smallest absolute Gasteiger partial charge is 0.318 e. The van der Waals surface area contributed by atoms with Crippen molar-refractivity contribution in [2.75, 3.05) is 53.0 Å². The van der Waals surface area contributed by atoms with Crippen LogP contribution in [0.3, 0.4) is 0 Å². The van der Waals surface area contributed by atoms with Crippen molar-refractivity contribution >= 4 is 17.7 Å². The van der Waals surface area contributed by atoms with Crippen LogP contribution in [0.5, 0.6) is 0 Å². The lowest BCUT2D eigenvalue weighted by atomic mass is 9.87. The Morgan fingerprint density at radius 2 is 1.84 bits per heavy atom. The Kier molecular flexibility index (Phi) is 10.1. The Labute approximate surface area is 220 Å². The molecule has 2 saturated heterocycles. The predicted octanol–water partition coefficient (Wildman–Crippen LogP) is 2.83. The maximum atomic E-state index is 13.2. The number of nitrogens with one attached hydrogen (secondary N) is 2. The Balaban J connectivity index is 1.68. The molecule has 0 spiro atoms. The van der Waals surface area contributed by atoms with Crippen molar-refractivity contribution in [1.82, 2.24) is 25.4 Å². The molecular formula is C27H45N5O5. The van der Waals surface area contributed by atoms with Crippen LogP contribution in [0, 0.1) is 11.3 Å². The van der Waals surface area contributed by atoms with Crippen molar-refractivity contribution in [3.8, 4) is 0 Å². The number of rotatable bonds is 9. The van der Waals surface area contributed by atoms with Crippen LogP contribution in [-0.4, -0.2) is 91.5 Å². The van der Waals surface area contributed by atoms with E-state index in [0.717, 1.165) is 25.9 Å². The number of morpholine rings is 1. The van der Waals surface area contributed by atoms with Gasteiger partial charge in [-0.1, -0.05) is 34.6 Å². The number of hydrogen-bond acceptors (Lipinski definition) is 7. The number of carbonyl (C=O) groups is 3. The zero-order chi connectivity index (χ0) is 27.2. The third kappa shape index (κ3) is 8.81. The maximum absolute atomic E-state index is 13.2. The fourth-order valence-electron chi connectivity index (χ4n) is 4.85. The predicted molar refractivity (Wildman–Crippen MR) is 141 cm³/mol. The number of likely N-dealkylation sites (tertiary alicyclic amines) is 1. The SMILES string of the molecule is CC(C)Cc1nc(C2CCCN(C)C2)oc1C(=O)CNC(=O)C(CC(C)(C)C)NC(=O)N1CCOCC1. The van der Waals surface area contributed by atoms with E-state index in [9.17, 15) is 14.4 Å². The van der Waals surface area contributed by atoms with E-state index in [4.69, 9.17) is 14.1 Å². The van der Waals surface area contributed by atoms with Gasteiger partial charge in [-0.25, -0.2) is 9.78 Å². The van der Waals surface area contributed by atoms with Crippen molar-refractivity contribution in [2.24, 2.45) is 11.3 Å². The molecule has 1 aromatic heterocycles. The summed E-state index contributed by atoms with van der Waals surface area (Å²) in [6.45, 7) is 13.8. The molecule has 37 heavy (non-hydrogen) atoms. The average Bonchev–Trinajstić information content (AvgIpc) is 3.24. The van der Waals surface area contributed by atoms with E-state index in [2.05, 4.69) is 36.4 Å². The van der Waals surface area contributed by atoms with Gasteiger partial charge >= 0.3 is 6.03 Å². The fraction of sp³-hybridized carbons (Fsp3) is 0.778. The standard InChI is InChI=1S/C27H45N5O5/c1-18(2)14-20-23(37-25(29-20)19-8-7-9-31(6)17-19)22(33)16-28-24(34)21(15-27(3,4)5)30-26(35)32-10-12-36-13-11-32/h18-19,21H,7-17H2,1-6H3,(H,28,34)(H,30,35). The third-order valence-corrected chi connectivity index (χ3v) is 6.69. The first-order chi connectivity index (χ1) is 17.4. The number of oxazole rings is 1. The molecular weight excluding hydrogens is 474 g/mol. The molecule has 0 saturated carbocycles. The molecule has 0 aliphatic carbocycles. The topological polar surface area (TPSA) is 117 Å². The minimum atomic E-state index is -0.763. The summed E-state index contributed by atoms with van der Waals surface area (Å²) >= 11 is 0. The summed E-state index contributed by atoms with van der Waals surface area (Å²) in [6.07, 6.45) is 3.11. The summed E-state index contributed by atoms with van der Waals surface area (Å²) < 4.78 is 11.4. The number of urea groups is 1. The summed E-state index contributed by atoms with van der Waals surface area (Å²) in [5, 5.41) is 5.61. The number of amides is 3. The lowest BCUT2D eigenvalue weighted by Crippen LogP contribution is -2.54. The van der Waals surface area contributed by atoms with Gasteiger partial charge in [0, 0.05) is 25.6 Å². The van der Waals surface area contributed by atoms with Gasteiger partial charge in [0.25, 0.3) is 0 Å². The normalized spacial score (nSPS) is 20.1. The van der Waals surface area contributed by atoms with E-state index in [0.29, 0.717) is 56.6 Å². The van der Waals surface area contributed by atoms with Crippen molar-refractivity contribution < 1.29 is 23.5 Å². The number of ketones is 1. The van der Waals surface area contributed by atoms with Crippen molar-refractivity contribution in [1.29, 1.82) is 0 Å². The average molecular weight is 520 g/mol. The summed E-state index contributed by atoms with van der Waals surface area (Å²) in [5.41, 5.74) is 0.450. The maximum Gasteiger partial charge on any atom is 0.318 e. The van der Waals surface area contributed by atoms with Crippen LogP contribution in [0.4, 0.5) is 4.79 Å². The Bertz CT molecular complexity index is 932. The van der Waals surface area contributed by atoms with Crippen molar-refractivity contribution in [3.05, 3.63) is 17.3 Å². The lowest BCUT2D eigenvalue weighted by molar-refractivity contribution is -0.123. The molecule has 2 fully saturated rings. The summed E-state index contributed by atoms with van der Waals surface area (Å²) in [6, 6.07) is -1.06. The van der Waals surface area contributed by atoms with E-state index >= 15 is 0 Å². The Morgan fingerprint density at radius 1 is 1.14 bits per heavy atom. The summed E-state index contributed by atoms with van der Waals surface area (Å²) in [4.78, 5) is 47.8. The second-order valence-corrected chi connectivity index (χ2v) is 12.0. The highest BCUT2D eigenvalue weighted by Gasteiger charge is 2.31. The number of hydrogen-bond donors (Lipinski definition) is 2. The van der Waals surface area contributed by atoms with Crippen LogP contribution < -0.4 is 10.6 Å². The second-order valence-electron chi connectivity index (χ2n) is 12.0. The molecule has 10 heteroatoms. The molecule has 10 nitrogen and oxygen atoms in total. The molecule has 3 amide bonds. The molecule has 0 bridgehead atoms. The van der Waals surface area contributed by atoms with E-state index in [1.807, 2.05) is 20.8 Å². The number of Topliss-reactive ketones (excluding diaryl/α,β-unsaturated/α-hetero) is 1. The Hall–Kier alpha value is -2.46. The van der Waals surface area contributed by atoms with Crippen molar-refractivity contribution in [2.45, 2.75) is 72.3 Å². The quantitative estimate of drug-likeness (QED) is 0.482. The lowest BCUT2D eigenvalue weighted by Gasteiger charge is -2.31. The van der Waals surface area contributed by atoms with Gasteiger partial charge < -0.3 is 29.6 Å². The molecule has 2 atom stereocenters. The Morgan fingerprint density at radius 3 is 2.46 bits per heavy atom. The van der Waals surface area contributed by atoms with Crippen LogP contribution in [-0.2, 0) is 16.0 Å². The minimum Gasteiger partial charge on any atom is -0.437 e. The van der Waals surface area contributed by atoms with Crippen LogP contribution in [0.2, 0.25) is 0 Å². The zero-order valence-electron chi connectivity index (χ0n) is 23.4. The first-order valence-corrected chi connectivity index (χ1v) is 13.5. The molecule has 2 N–H and O–H groups in total. The van der Waals surface area contributed by atoms with Crippen LogP contribution >= 0.6 is 0 Å². The number of aromatic nitrogens is 1.